The van der Waals surface area contributed by atoms with Gasteiger partial charge in [-0.3, -0.25) is 0 Å². The van der Waals surface area contributed by atoms with Crippen molar-refractivity contribution < 1.29 is 0 Å². The van der Waals surface area contributed by atoms with Gasteiger partial charge in [-0.1, -0.05) is 19.8 Å². The molecule has 14 heavy (non-hydrogen) atoms. The summed E-state index contributed by atoms with van der Waals surface area (Å²) in [5.41, 5.74) is 1.29. The van der Waals surface area contributed by atoms with Gasteiger partial charge in [-0.15, -0.1) is 0 Å². The highest BCUT2D eigenvalue weighted by atomic mass is 15.1. The number of hydrogen-bond donors (Lipinski definition) is 1. The van der Waals surface area contributed by atoms with Crippen molar-refractivity contribution in [3.05, 3.63) is 17.7 Å². The number of aryl methyl sites for hydroxylation is 1. The molecule has 3 heteroatoms. The van der Waals surface area contributed by atoms with E-state index in [-0.39, 0.29) is 0 Å². The van der Waals surface area contributed by atoms with E-state index in [9.17, 15) is 0 Å². The van der Waals surface area contributed by atoms with E-state index in [2.05, 4.69) is 28.7 Å². The van der Waals surface area contributed by atoms with Crippen molar-refractivity contribution in [3.8, 4) is 0 Å². The van der Waals surface area contributed by atoms with Crippen LogP contribution in [0.4, 0.5) is 0 Å². The molecule has 0 aliphatic rings. The van der Waals surface area contributed by atoms with Gasteiger partial charge < -0.3 is 9.88 Å². The largest absolute Gasteiger partial charge is 0.331 e. The molecule has 1 aromatic heterocycles. The zero-order valence-corrected chi connectivity index (χ0v) is 9.51. The summed E-state index contributed by atoms with van der Waals surface area (Å²) in [4.78, 5) is 4.34. The number of rotatable bonds is 6. The van der Waals surface area contributed by atoms with Gasteiger partial charge in [-0.25, -0.2) is 4.98 Å². The maximum atomic E-state index is 4.34. The highest BCUT2D eigenvalue weighted by Gasteiger charge is 2.04. The van der Waals surface area contributed by atoms with Gasteiger partial charge in [-0.2, -0.15) is 0 Å². The van der Waals surface area contributed by atoms with Crippen LogP contribution in [-0.2, 0) is 13.1 Å². The van der Waals surface area contributed by atoms with E-state index in [1.807, 2.05) is 13.2 Å². The first-order valence-electron chi connectivity index (χ1n) is 5.45. The molecule has 80 valence electrons. The number of unbranched alkanes of at least 4 members (excludes halogenated alkanes) is 2. The maximum absolute atomic E-state index is 4.34. The highest BCUT2D eigenvalue weighted by molar-refractivity contribution is 5.04. The smallest absolute Gasteiger partial charge is 0.105 e. The first kappa shape index (κ1) is 11.2. The summed E-state index contributed by atoms with van der Waals surface area (Å²) >= 11 is 0. The van der Waals surface area contributed by atoms with Crippen LogP contribution in [0.2, 0.25) is 0 Å². The number of hydrogen-bond acceptors (Lipinski definition) is 2. The molecule has 0 amide bonds. The van der Waals surface area contributed by atoms with Crippen molar-refractivity contribution in [3.63, 3.8) is 0 Å². The fourth-order valence-corrected chi connectivity index (χ4v) is 1.66. The van der Waals surface area contributed by atoms with Crippen molar-refractivity contribution in [1.29, 1.82) is 0 Å². The Kier molecular flexibility index (Phi) is 4.66. The zero-order chi connectivity index (χ0) is 10.4. The Bertz CT molecular complexity index is 265. The van der Waals surface area contributed by atoms with Gasteiger partial charge in [0.1, 0.15) is 5.82 Å². The second kappa shape index (κ2) is 5.81. The minimum atomic E-state index is 0.910. The van der Waals surface area contributed by atoms with Gasteiger partial charge >= 0.3 is 0 Å². The first-order chi connectivity index (χ1) is 6.79. The molecule has 1 N–H and O–H groups in total. The summed E-state index contributed by atoms with van der Waals surface area (Å²) in [6, 6.07) is 0. The Labute approximate surface area is 86.5 Å². The quantitative estimate of drug-likeness (QED) is 0.704. The fraction of sp³-hybridized carbons (Fsp3) is 0.727. The lowest BCUT2D eigenvalue weighted by atomic mass is 10.2. The lowest BCUT2D eigenvalue weighted by Crippen LogP contribution is -2.12. The predicted octanol–water partition coefficient (Wildman–Crippen LogP) is 2.10. The molecule has 0 radical (unpaired) electrons. The molecule has 0 aliphatic carbocycles. The van der Waals surface area contributed by atoms with Gasteiger partial charge in [0.05, 0.1) is 5.69 Å². The van der Waals surface area contributed by atoms with Gasteiger partial charge in [0.2, 0.25) is 0 Å². The van der Waals surface area contributed by atoms with Crippen molar-refractivity contribution in [2.75, 3.05) is 7.05 Å². The molecule has 0 spiro atoms. The Morgan fingerprint density at radius 1 is 1.43 bits per heavy atom. The van der Waals surface area contributed by atoms with E-state index < -0.39 is 0 Å². The van der Waals surface area contributed by atoms with Crippen LogP contribution in [-0.4, -0.2) is 16.6 Å². The van der Waals surface area contributed by atoms with E-state index in [0.29, 0.717) is 0 Å². The summed E-state index contributed by atoms with van der Waals surface area (Å²) in [7, 11) is 1.97. The van der Waals surface area contributed by atoms with Crippen LogP contribution >= 0.6 is 0 Å². The SMILES string of the molecule is CCCCCn1c(CNC)cnc1C. The molecule has 0 aromatic carbocycles. The third-order valence-corrected chi connectivity index (χ3v) is 2.48. The second-order valence-corrected chi connectivity index (χ2v) is 3.69. The van der Waals surface area contributed by atoms with Crippen LogP contribution < -0.4 is 5.32 Å². The summed E-state index contributed by atoms with van der Waals surface area (Å²) in [5, 5.41) is 3.17. The molecule has 3 nitrogen and oxygen atoms in total. The normalized spacial score (nSPS) is 10.8. The third-order valence-electron chi connectivity index (χ3n) is 2.48. The standard InChI is InChI=1S/C11H21N3/c1-4-5-6-7-14-10(2)13-9-11(14)8-12-3/h9,12H,4-8H2,1-3H3. The van der Waals surface area contributed by atoms with Gasteiger partial charge in [0.15, 0.2) is 0 Å². The van der Waals surface area contributed by atoms with Crippen LogP contribution in [0, 0.1) is 6.92 Å². The van der Waals surface area contributed by atoms with Crippen LogP contribution in [0.5, 0.6) is 0 Å². The molecule has 1 heterocycles. The van der Waals surface area contributed by atoms with Crippen molar-refractivity contribution in [2.24, 2.45) is 0 Å². The van der Waals surface area contributed by atoms with Crippen molar-refractivity contribution in [2.45, 2.75) is 46.2 Å². The maximum Gasteiger partial charge on any atom is 0.105 e. The summed E-state index contributed by atoms with van der Waals surface area (Å²) in [6.07, 6.45) is 5.80. The van der Waals surface area contributed by atoms with Crippen LogP contribution in [0.25, 0.3) is 0 Å². The molecule has 1 aromatic rings. The van der Waals surface area contributed by atoms with Crippen LogP contribution in [0.3, 0.4) is 0 Å². The summed E-state index contributed by atoms with van der Waals surface area (Å²) in [6.45, 7) is 6.32. The third kappa shape index (κ3) is 2.84. The van der Waals surface area contributed by atoms with Crippen LogP contribution in [0.1, 0.15) is 37.7 Å². The monoisotopic (exact) mass is 195 g/mol. The van der Waals surface area contributed by atoms with E-state index >= 15 is 0 Å². The van der Waals surface area contributed by atoms with E-state index in [4.69, 9.17) is 0 Å². The average molecular weight is 195 g/mol. The van der Waals surface area contributed by atoms with Crippen molar-refractivity contribution >= 4 is 0 Å². The van der Waals surface area contributed by atoms with Gasteiger partial charge in [0.25, 0.3) is 0 Å². The Morgan fingerprint density at radius 3 is 2.86 bits per heavy atom. The average Bonchev–Trinajstić information content (AvgIpc) is 2.50. The molecular weight excluding hydrogens is 174 g/mol. The Morgan fingerprint density at radius 2 is 2.21 bits per heavy atom. The predicted molar refractivity (Wildman–Crippen MR) is 59.3 cm³/mol. The fourth-order valence-electron chi connectivity index (χ4n) is 1.66. The molecule has 0 atom stereocenters. The molecule has 0 saturated carbocycles. The van der Waals surface area contributed by atoms with Gasteiger partial charge in [-0.05, 0) is 20.4 Å². The van der Waals surface area contributed by atoms with E-state index in [1.54, 1.807) is 0 Å². The Balaban J connectivity index is 2.57. The lowest BCUT2D eigenvalue weighted by molar-refractivity contribution is 0.564. The number of nitrogens with one attached hydrogen (secondary N) is 1. The molecule has 1 rings (SSSR count). The molecule has 0 saturated heterocycles. The minimum Gasteiger partial charge on any atom is -0.331 e. The summed E-state index contributed by atoms with van der Waals surface area (Å²) < 4.78 is 2.31. The van der Waals surface area contributed by atoms with Crippen LogP contribution in [0.15, 0.2) is 6.20 Å². The van der Waals surface area contributed by atoms with Crippen molar-refractivity contribution in [1.82, 2.24) is 14.9 Å². The first-order valence-corrected chi connectivity index (χ1v) is 5.45. The zero-order valence-electron chi connectivity index (χ0n) is 9.51. The lowest BCUT2D eigenvalue weighted by Gasteiger charge is -2.09. The molecule has 0 bridgehead atoms. The molecule has 0 fully saturated rings. The van der Waals surface area contributed by atoms with E-state index in [1.165, 1.54) is 25.0 Å². The molecule has 0 aliphatic heterocycles. The number of nitrogens with zero attached hydrogens (tertiary/aromatic N) is 2. The molecular formula is C11H21N3. The second-order valence-electron chi connectivity index (χ2n) is 3.69. The number of aromatic nitrogens is 2. The Hall–Kier alpha value is -0.830. The highest BCUT2D eigenvalue weighted by Crippen LogP contribution is 2.07. The number of imidazole rings is 1. The van der Waals surface area contributed by atoms with E-state index in [0.717, 1.165) is 18.9 Å². The van der Waals surface area contributed by atoms with Gasteiger partial charge in [0, 0.05) is 19.3 Å². The summed E-state index contributed by atoms with van der Waals surface area (Å²) in [5.74, 6) is 1.13. The minimum absolute atomic E-state index is 0.910. The molecule has 0 unspecified atom stereocenters. The topological polar surface area (TPSA) is 29.9 Å².